The van der Waals surface area contributed by atoms with Gasteiger partial charge in [-0.05, 0) is 35.9 Å². The molecule has 0 atom stereocenters. The zero-order chi connectivity index (χ0) is 14.8. The maximum atomic E-state index is 12.5. The molecule has 2 aromatic rings. The number of amides is 1. The summed E-state index contributed by atoms with van der Waals surface area (Å²) in [5, 5.41) is 0. The van der Waals surface area contributed by atoms with Crippen LogP contribution in [0.3, 0.4) is 0 Å². The van der Waals surface area contributed by atoms with Gasteiger partial charge in [0.1, 0.15) is 0 Å². The van der Waals surface area contributed by atoms with Gasteiger partial charge in [-0.2, -0.15) is 0 Å². The molecular weight excluding hydrogens is 368 g/mol. The van der Waals surface area contributed by atoms with E-state index in [0.717, 1.165) is 15.7 Å². The quantitative estimate of drug-likeness (QED) is 0.579. The summed E-state index contributed by atoms with van der Waals surface area (Å²) in [6.45, 7) is 0. The molecule has 1 aliphatic rings. The molecule has 1 aromatic carbocycles. The molecular formula is C15H9BrN2OS2. The van der Waals surface area contributed by atoms with Gasteiger partial charge >= 0.3 is 0 Å². The van der Waals surface area contributed by atoms with Crippen LogP contribution in [0.2, 0.25) is 0 Å². The summed E-state index contributed by atoms with van der Waals surface area (Å²) >= 11 is 10.0. The molecule has 1 fully saturated rings. The number of hydrogen-bond acceptors (Lipinski definition) is 4. The number of halogens is 1. The second kappa shape index (κ2) is 6.09. The van der Waals surface area contributed by atoms with E-state index in [9.17, 15) is 4.79 Å². The van der Waals surface area contributed by atoms with Gasteiger partial charge in [-0.15, -0.1) is 0 Å². The number of benzene rings is 1. The molecule has 2 heterocycles. The van der Waals surface area contributed by atoms with Crippen molar-refractivity contribution >= 4 is 61.9 Å². The average Bonchev–Trinajstić information content (AvgIpc) is 2.74. The van der Waals surface area contributed by atoms with Gasteiger partial charge < -0.3 is 0 Å². The molecule has 6 heteroatoms. The first-order chi connectivity index (χ1) is 10.1. The predicted octanol–water partition coefficient (Wildman–Crippen LogP) is 4.25. The van der Waals surface area contributed by atoms with Crippen molar-refractivity contribution in [1.82, 2.24) is 4.98 Å². The molecule has 0 unspecified atom stereocenters. The molecule has 1 saturated heterocycles. The van der Waals surface area contributed by atoms with Crippen molar-refractivity contribution in [3.8, 4) is 0 Å². The van der Waals surface area contributed by atoms with Crippen molar-refractivity contribution in [2.45, 2.75) is 0 Å². The normalized spacial score (nSPS) is 16.8. The topological polar surface area (TPSA) is 33.2 Å². The number of aromatic nitrogens is 1. The molecule has 3 nitrogen and oxygen atoms in total. The van der Waals surface area contributed by atoms with E-state index < -0.39 is 0 Å². The van der Waals surface area contributed by atoms with Crippen LogP contribution in [0.25, 0.3) is 6.08 Å². The first-order valence-corrected chi connectivity index (χ1v) is 8.10. The largest absolute Gasteiger partial charge is 0.270 e. The lowest BCUT2D eigenvalue weighted by Crippen LogP contribution is -2.27. The smallest absolute Gasteiger partial charge is 0.268 e. The molecule has 3 rings (SSSR count). The summed E-state index contributed by atoms with van der Waals surface area (Å²) in [7, 11) is 0. The number of carbonyl (C=O) groups is 1. The summed E-state index contributed by atoms with van der Waals surface area (Å²) in [6, 6.07) is 11.3. The van der Waals surface area contributed by atoms with E-state index >= 15 is 0 Å². The lowest BCUT2D eigenvalue weighted by molar-refractivity contribution is -0.113. The molecule has 0 saturated carbocycles. The van der Waals surface area contributed by atoms with E-state index in [-0.39, 0.29) is 5.91 Å². The second-order valence-corrected chi connectivity index (χ2v) is 6.87. The minimum absolute atomic E-state index is 0.105. The number of carbonyl (C=O) groups excluding carboxylic acids is 1. The van der Waals surface area contributed by atoms with E-state index in [2.05, 4.69) is 20.9 Å². The van der Waals surface area contributed by atoms with Gasteiger partial charge in [0.15, 0.2) is 4.32 Å². The van der Waals surface area contributed by atoms with E-state index in [0.29, 0.717) is 9.23 Å². The maximum absolute atomic E-state index is 12.5. The van der Waals surface area contributed by atoms with Gasteiger partial charge in [0, 0.05) is 16.9 Å². The summed E-state index contributed by atoms with van der Waals surface area (Å²) in [6.07, 6.45) is 5.22. The van der Waals surface area contributed by atoms with Crippen molar-refractivity contribution in [2.24, 2.45) is 0 Å². The SMILES string of the molecule is O=C1C(=Cc2cccnc2)SC(=S)N1c1cccc(Br)c1. The lowest BCUT2D eigenvalue weighted by atomic mass is 10.2. The summed E-state index contributed by atoms with van der Waals surface area (Å²) in [5.41, 5.74) is 1.65. The van der Waals surface area contributed by atoms with E-state index in [4.69, 9.17) is 12.2 Å². The second-order valence-electron chi connectivity index (χ2n) is 4.28. The van der Waals surface area contributed by atoms with Crippen LogP contribution >= 0.6 is 39.9 Å². The zero-order valence-electron chi connectivity index (χ0n) is 10.7. The highest BCUT2D eigenvalue weighted by atomic mass is 79.9. The Balaban J connectivity index is 1.94. The minimum Gasteiger partial charge on any atom is -0.268 e. The molecule has 1 aliphatic heterocycles. The van der Waals surface area contributed by atoms with Crippen LogP contribution in [0.4, 0.5) is 5.69 Å². The number of thioether (sulfide) groups is 1. The Morgan fingerprint density at radius 2 is 2.14 bits per heavy atom. The number of hydrogen-bond donors (Lipinski definition) is 0. The van der Waals surface area contributed by atoms with Crippen molar-refractivity contribution in [3.63, 3.8) is 0 Å². The number of pyridine rings is 1. The molecule has 21 heavy (non-hydrogen) atoms. The molecule has 0 radical (unpaired) electrons. The predicted molar refractivity (Wildman–Crippen MR) is 94.0 cm³/mol. The van der Waals surface area contributed by atoms with Gasteiger partial charge in [-0.1, -0.05) is 52.0 Å². The zero-order valence-corrected chi connectivity index (χ0v) is 13.9. The van der Waals surface area contributed by atoms with Crippen LogP contribution in [-0.4, -0.2) is 15.2 Å². The number of thiocarbonyl (C=S) groups is 1. The van der Waals surface area contributed by atoms with Crippen molar-refractivity contribution in [3.05, 3.63) is 63.7 Å². The Bertz CT molecular complexity index is 746. The highest BCUT2D eigenvalue weighted by Crippen LogP contribution is 2.36. The van der Waals surface area contributed by atoms with Gasteiger partial charge in [-0.25, -0.2) is 0 Å². The van der Waals surface area contributed by atoms with Gasteiger partial charge in [0.05, 0.1) is 10.6 Å². The first kappa shape index (κ1) is 14.4. The van der Waals surface area contributed by atoms with Crippen LogP contribution in [0.15, 0.2) is 58.2 Å². The molecule has 104 valence electrons. The van der Waals surface area contributed by atoms with Crippen LogP contribution in [0.5, 0.6) is 0 Å². The van der Waals surface area contributed by atoms with Gasteiger partial charge in [0.25, 0.3) is 5.91 Å². The highest BCUT2D eigenvalue weighted by molar-refractivity contribution is 9.10. The summed E-state index contributed by atoms with van der Waals surface area (Å²) in [5.74, 6) is -0.105. The highest BCUT2D eigenvalue weighted by Gasteiger charge is 2.33. The van der Waals surface area contributed by atoms with Crippen LogP contribution in [0.1, 0.15) is 5.56 Å². The number of anilines is 1. The first-order valence-electron chi connectivity index (χ1n) is 6.09. The third-order valence-corrected chi connectivity index (χ3v) is 4.64. The van der Waals surface area contributed by atoms with Crippen molar-refractivity contribution < 1.29 is 4.79 Å². The third kappa shape index (κ3) is 3.07. The van der Waals surface area contributed by atoms with Crippen LogP contribution in [-0.2, 0) is 4.79 Å². The third-order valence-electron chi connectivity index (χ3n) is 2.84. The van der Waals surface area contributed by atoms with Crippen molar-refractivity contribution in [2.75, 3.05) is 4.90 Å². The molecule has 0 spiro atoms. The summed E-state index contributed by atoms with van der Waals surface area (Å²) < 4.78 is 1.44. The fraction of sp³-hybridized carbons (Fsp3) is 0. The molecule has 0 aliphatic carbocycles. The Labute approximate surface area is 140 Å². The van der Waals surface area contributed by atoms with E-state index in [1.807, 2.05) is 42.5 Å². The lowest BCUT2D eigenvalue weighted by Gasteiger charge is -2.14. The van der Waals surface area contributed by atoms with Crippen molar-refractivity contribution in [1.29, 1.82) is 0 Å². The Kier molecular flexibility index (Phi) is 4.19. The Morgan fingerprint density at radius 1 is 1.29 bits per heavy atom. The number of rotatable bonds is 2. The molecule has 0 bridgehead atoms. The van der Waals surface area contributed by atoms with Gasteiger partial charge in [-0.3, -0.25) is 14.7 Å². The maximum Gasteiger partial charge on any atom is 0.270 e. The molecule has 0 N–H and O–H groups in total. The average molecular weight is 377 g/mol. The Hall–Kier alpha value is -1.50. The van der Waals surface area contributed by atoms with Gasteiger partial charge in [0.2, 0.25) is 0 Å². The fourth-order valence-corrected chi connectivity index (χ4v) is 3.60. The fourth-order valence-electron chi connectivity index (χ4n) is 1.92. The van der Waals surface area contributed by atoms with E-state index in [1.54, 1.807) is 17.3 Å². The van der Waals surface area contributed by atoms with Crippen LogP contribution < -0.4 is 4.90 Å². The molecule has 1 amide bonds. The number of nitrogens with zero attached hydrogens (tertiary/aromatic N) is 2. The Morgan fingerprint density at radius 3 is 2.86 bits per heavy atom. The minimum atomic E-state index is -0.105. The van der Waals surface area contributed by atoms with E-state index in [1.165, 1.54) is 11.8 Å². The molecule has 1 aromatic heterocycles. The standard InChI is InChI=1S/C15H9BrN2OS2/c16-11-4-1-5-12(8-11)18-14(19)13(21-15(18)20)7-10-3-2-6-17-9-10/h1-9H. The summed E-state index contributed by atoms with van der Waals surface area (Å²) in [4.78, 5) is 18.7. The monoisotopic (exact) mass is 376 g/mol. The van der Waals surface area contributed by atoms with Crippen LogP contribution in [0, 0.1) is 0 Å².